The molecule has 0 aliphatic rings. The van der Waals surface area contributed by atoms with Crippen molar-refractivity contribution in [1.82, 2.24) is 0 Å². The Kier molecular flexibility index (Phi) is 17.5. The Morgan fingerprint density at radius 1 is 0.579 bits per heavy atom. The molecule has 0 aliphatic heterocycles. The lowest BCUT2D eigenvalue weighted by Gasteiger charge is -2.30. The molecule has 0 rings (SSSR count). The molecule has 0 aliphatic carbocycles. The normalized spacial score (nSPS) is 11.4. The highest BCUT2D eigenvalue weighted by Gasteiger charge is 2.22. The summed E-state index contributed by atoms with van der Waals surface area (Å²) < 4.78 is 0. The van der Waals surface area contributed by atoms with Gasteiger partial charge in [0, 0.05) is 5.54 Å². The zero-order valence-corrected chi connectivity index (χ0v) is 16.0. The molecule has 2 N–H and O–H groups in total. The van der Waals surface area contributed by atoms with Crippen LogP contribution in [0.5, 0.6) is 0 Å². The van der Waals surface area contributed by atoms with Crippen LogP contribution in [0.25, 0.3) is 0 Å². The van der Waals surface area contributed by atoms with Crippen molar-refractivity contribution in [2.45, 2.75) is 110 Å². The average molecular weight is 383 g/mol. The van der Waals surface area contributed by atoms with Crippen LogP contribution in [0.1, 0.15) is 104 Å². The summed E-state index contributed by atoms with van der Waals surface area (Å²) in [6.07, 6.45) is 17.1. The molecule has 1 nitrogen and oxygen atoms in total. The first-order chi connectivity index (χ1) is 8.68. The summed E-state index contributed by atoms with van der Waals surface area (Å²) in [6.45, 7) is 6.82. The first-order valence-electron chi connectivity index (χ1n) is 8.47. The summed E-state index contributed by atoms with van der Waals surface area (Å²) in [5.74, 6) is 0. The van der Waals surface area contributed by atoms with Gasteiger partial charge in [0.25, 0.3) is 0 Å². The topological polar surface area (TPSA) is 26.0 Å². The van der Waals surface area contributed by atoms with E-state index in [9.17, 15) is 0 Å². The van der Waals surface area contributed by atoms with Crippen molar-refractivity contribution >= 4 is 24.0 Å². The smallest absolute Gasteiger partial charge is 0.0154 e. The van der Waals surface area contributed by atoms with Gasteiger partial charge in [-0.1, -0.05) is 85.0 Å². The predicted molar refractivity (Wildman–Crippen MR) is 99.4 cm³/mol. The molecule has 0 spiro atoms. The molecular weight excluding hydrogens is 345 g/mol. The maximum Gasteiger partial charge on any atom is 0.0154 e. The van der Waals surface area contributed by atoms with Crippen molar-refractivity contribution in [3.05, 3.63) is 0 Å². The molecule has 0 radical (unpaired) electrons. The van der Waals surface area contributed by atoms with E-state index in [1.807, 2.05) is 0 Å². The van der Waals surface area contributed by atoms with Crippen LogP contribution in [0.3, 0.4) is 0 Å². The first-order valence-corrected chi connectivity index (χ1v) is 8.47. The molecule has 0 aromatic heterocycles. The molecule has 0 fully saturated rings. The lowest BCUT2D eigenvalue weighted by Crippen LogP contribution is -2.39. The number of hydrogen-bond acceptors (Lipinski definition) is 1. The molecule has 0 bridgehead atoms. The summed E-state index contributed by atoms with van der Waals surface area (Å²) >= 11 is 0. The summed E-state index contributed by atoms with van der Waals surface area (Å²) in [5, 5.41) is 0. The van der Waals surface area contributed by atoms with Crippen molar-refractivity contribution in [2.75, 3.05) is 0 Å². The minimum Gasteiger partial charge on any atom is -0.325 e. The van der Waals surface area contributed by atoms with Gasteiger partial charge in [0.05, 0.1) is 0 Å². The van der Waals surface area contributed by atoms with Crippen LogP contribution >= 0.6 is 24.0 Å². The molecule has 19 heavy (non-hydrogen) atoms. The number of halogens is 1. The van der Waals surface area contributed by atoms with E-state index < -0.39 is 0 Å². The second-order valence-corrected chi connectivity index (χ2v) is 6.09. The first kappa shape index (κ1) is 22.0. The minimum atomic E-state index is 0. The Bertz CT molecular complexity index is 161. The second kappa shape index (κ2) is 15.1. The zero-order chi connectivity index (χ0) is 13.7. The minimum absolute atomic E-state index is 0. The van der Waals surface area contributed by atoms with Crippen LogP contribution in [0.4, 0.5) is 0 Å². The summed E-state index contributed by atoms with van der Waals surface area (Å²) in [6, 6.07) is 0. The van der Waals surface area contributed by atoms with Crippen LogP contribution in [-0.4, -0.2) is 5.54 Å². The Hall–Kier alpha value is 0.690. The second-order valence-electron chi connectivity index (χ2n) is 6.09. The maximum absolute atomic E-state index is 6.66. The molecule has 0 saturated carbocycles. The van der Waals surface area contributed by atoms with Crippen molar-refractivity contribution in [2.24, 2.45) is 5.73 Å². The highest BCUT2D eigenvalue weighted by molar-refractivity contribution is 14.0. The number of rotatable bonds is 13. The monoisotopic (exact) mass is 383 g/mol. The largest absolute Gasteiger partial charge is 0.325 e. The SMILES string of the molecule is CCCCCCC(N)(CCCCC)CCCCC.I. The fraction of sp³-hybridized carbons (Fsp3) is 1.00. The van der Waals surface area contributed by atoms with Gasteiger partial charge >= 0.3 is 0 Å². The Labute approximate surface area is 139 Å². The Morgan fingerprint density at radius 2 is 0.895 bits per heavy atom. The van der Waals surface area contributed by atoms with Crippen LogP contribution < -0.4 is 5.73 Å². The van der Waals surface area contributed by atoms with Crippen molar-refractivity contribution in [3.63, 3.8) is 0 Å². The lowest BCUT2D eigenvalue weighted by molar-refractivity contribution is 0.305. The van der Waals surface area contributed by atoms with E-state index in [0.717, 1.165) is 0 Å². The third-order valence-electron chi connectivity index (χ3n) is 4.08. The molecule has 0 saturated heterocycles. The van der Waals surface area contributed by atoms with E-state index in [2.05, 4.69) is 20.8 Å². The Balaban J connectivity index is 0. The molecular formula is C17H38IN. The highest BCUT2D eigenvalue weighted by Crippen LogP contribution is 2.26. The fourth-order valence-electron chi connectivity index (χ4n) is 2.73. The van der Waals surface area contributed by atoms with Gasteiger partial charge in [-0.15, -0.1) is 24.0 Å². The van der Waals surface area contributed by atoms with Gasteiger partial charge in [0.2, 0.25) is 0 Å². The molecule has 0 amide bonds. The van der Waals surface area contributed by atoms with E-state index in [4.69, 9.17) is 5.73 Å². The third kappa shape index (κ3) is 13.4. The van der Waals surface area contributed by atoms with E-state index >= 15 is 0 Å². The Morgan fingerprint density at radius 3 is 1.26 bits per heavy atom. The van der Waals surface area contributed by atoms with E-state index in [1.54, 1.807) is 0 Å². The summed E-state index contributed by atoms with van der Waals surface area (Å²) in [5.41, 5.74) is 6.81. The van der Waals surface area contributed by atoms with E-state index in [0.29, 0.717) is 0 Å². The van der Waals surface area contributed by atoms with Gasteiger partial charge in [-0.2, -0.15) is 0 Å². The molecule has 0 unspecified atom stereocenters. The van der Waals surface area contributed by atoms with Crippen LogP contribution in [-0.2, 0) is 0 Å². The van der Waals surface area contributed by atoms with Gasteiger partial charge in [0.1, 0.15) is 0 Å². The third-order valence-corrected chi connectivity index (χ3v) is 4.08. The van der Waals surface area contributed by atoms with Crippen LogP contribution in [0.2, 0.25) is 0 Å². The molecule has 0 atom stereocenters. The molecule has 2 heteroatoms. The van der Waals surface area contributed by atoms with Gasteiger partial charge in [-0.05, 0) is 19.3 Å². The van der Waals surface area contributed by atoms with Gasteiger partial charge < -0.3 is 5.73 Å². The fourth-order valence-corrected chi connectivity index (χ4v) is 2.73. The average Bonchev–Trinajstić information content (AvgIpc) is 2.36. The van der Waals surface area contributed by atoms with Gasteiger partial charge in [-0.3, -0.25) is 0 Å². The quantitative estimate of drug-likeness (QED) is 0.288. The molecule has 0 aromatic rings. The predicted octanol–water partition coefficient (Wildman–Crippen LogP) is 6.43. The summed E-state index contributed by atoms with van der Waals surface area (Å²) in [4.78, 5) is 0. The van der Waals surface area contributed by atoms with Crippen molar-refractivity contribution < 1.29 is 0 Å². The zero-order valence-electron chi connectivity index (χ0n) is 13.7. The molecule has 118 valence electrons. The van der Waals surface area contributed by atoms with Crippen molar-refractivity contribution in [3.8, 4) is 0 Å². The maximum atomic E-state index is 6.66. The standard InChI is InChI=1S/C17H37N.HI/c1-4-7-10-13-16-17(18,14-11-8-5-2)15-12-9-6-3;/h4-16,18H2,1-3H3;1H. The summed E-state index contributed by atoms with van der Waals surface area (Å²) in [7, 11) is 0. The lowest BCUT2D eigenvalue weighted by atomic mass is 9.83. The molecule has 0 heterocycles. The number of unbranched alkanes of at least 4 members (excludes halogenated alkanes) is 7. The van der Waals surface area contributed by atoms with Gasteiger partial charge in [0.15, 0.2) is 0 Å². The number of hydrogen-bond donors (Lipinski definition) is 1. The van der Waals surface area contributed by atoms with Crippen LogP contribution in [0.15, 0.2) is 0 Å². The molecule has 0 aromatic carbocycles. The van der Waals surface area contributed by atoms with E-state index in [-0.39, 0.29) is 29.5 Å². The van der Waals surface area contributed by atoms with Crippen LogP contribution in [0, 0.1) is 0 Å². The van der Waals surface area contributed by atoms with E-state index in [1.165, 1.54) is 83.5 Å². The number of nitrogens with two attached hydrogens (primary N) is 1. The van der Waals surface area contributed by atoms with Crippen molar-refractivity contribution in [1.29, 1.82) is 0 Å². The van der Waals surface area contributed by atoms with Gasteiger partial charge in [-0.25, -0.2) is 0 Å². The highest BCUT2D eigenvalue weighted by atomic mass is 127.